The third-order valence-electron chi connectivity index (χ3n) is 10.6. The Morgan fingerprint density at radius 2 is 1.67 bits per heavy atom. The van der Waals surface area contributed by atoms with Crippen LogP contribution in [-0.4, -0.2) is 77.1 Å². The number of aromatic nitrogens is 6. The van der Waals surface area contributed by atoms with Crippen molar-refractivity contribution in [3.8, 4) is 28.8 Å². The number of nitrogens with two attached hydrogens (primary N) is 1. The molecule has 0 bridgehead atoms. The van der Waals surface area contributed by atoms with Crippen LogP contribution in [0.4, 0.5) is 39.9 Å². The van der Waals surface area contributed by atoms with E-state index in [1.54, 1.807) is 20.8 Å². The number of hydrogen-bond acceptors (Lipinski definition) is 9. The number of guanidine groups is 1. The van der Waals surface area contributed by atoms with E-state index in [2.05, 4.69) is 37.2 Å². The Hall–Kier alpha value is -5.78. The normalized spacial score (nSPS) is 20.6. The lowest BCUT2D eigenvalue weighted by Crippen LogP contribution is -2.57. The van der Waals surface area contributed by atoms with Crippen LogP contribution in [0.2, 0.25) is 5.02 Å². The van der Waals surface area contributed by atoms with Crippen LogP contribution in [-0.2, 0) is 26.1 Å². The largest absolute Gasteiger partial charge is 0.447 e. The lowest BCUT2D eigenvalue weighted by atomic mass is 9.84. The molecular formula is C38H35ClF8N10O3. The first-order chi connectivity index (χ1) is 27.9. The van der Waals surface area contributed by atoms with Gasteiger partial charge in [0.25, 0.3) is 12.3 Å². The molecule has 0 radical (unpaired) electrons. The number of hydrogen-bond donors (Lipinski definition) is 2. The molecule has 22 heteroatoms. The lowest BCUT2D eigenvalue weighted by molar-refractivity contribution is -0.183. The van der Waals surface area contributed by atoms with Gasteiger partial charge in [0.05, 0.1) is 16.9 Å². The van der Waals surface area contributed by atoms with Crippen LogP contribution < -0.4 is 11.1 Å². The van der Waals surface area contributed by atoms with Gasteiger partial charge in [-0.15, -0.1) is 5.10 Å². The summed E-state index contributed by atoms with van der Waals surface area (Å²) in [7, 11) is 0. The number of carbonyl (C=O) groups excluding carboxylic acids is 2. The maximum Gasteiger partial charge on any atom is 0.413 e. The molecule has 2 amide bonds. The van der Waals surface area contributed by atoms with Gasteiger partial charge in [-0.1, -0.05) is 59.0 Å². The Bertz CT molecular complexity index is 2440. The number of alkyl halides is 8. The highest BCUT2D eigenvalue weighted by atomic mass is 35.5. The summed E-state index contributed by atoms with van der Waals surface area (Å²) in [6.45, 7) is 5.76. The van der Waals surface area contributed by atoms with E-state index in [1.807, 2.05) is 5.32 Å². The SMILES string of the molecule is CC(C)(C)C#C[C@]1(c2ccc(-c3cn(C4(C(F)(F)F)CC4)nn3)cc2)N=C(N)N(C(C)(COC(=O)NC2(C(F)(F)F)CC2)c2ccc(Cl)c(-n3ncnc3C(F)F)c2)C1=O. The zero-order valence-corrected chi connectivity index (χ0v) is 32.8. The molecule has 1 aliphatic heterocycles. The van der Waals surface area contributed by atoms with Crippen LogP contribution in [0.5, 0.6) is 0 Å². The number of ether oxygens (including phenoxy) is 1. The summed E-state index contributed by atoms with van der Waals surface area (Å²) in [5.41, 5.74) is -2.44. The predicted octanol–water partition coefficient (Wildman–Crippen LogP) is 7.31. The molecule has 7 rings (SSSR count). The summed E-state index contributed by atoms with van der Waals surface area (Å²) in [6, 6.07) is 9.73. The molecule has 4 aromatic rings. The van der Waals surface area contributed by atoms with E-state index in [0.717, 1.165) is 20.6 Å². The predicted molar refractivity (Wildman–Crippen MR) is 197 cm³/mol. The van der Waals surface area contributed by atoms with Crippen molar-refractivity contribution in [2.45, 2.75) is 94.3 Å². The smallest absolute Gasteiger partial charge is 0.413 e. The van der Waals surface area contributed by atoms with Gasteiger partial charge in [0, 0.05) is 16.5 Å². The molecule has 2 atom stereocenters. The number of alkyl carbamates (subject to hydrolysis) is 1. The van der Waals surface area contributed by atoms with Gasteiger partial charge < -0.3 is 15.8 Å². The Labute approximate surface area is 341 Å². The van der Waals surface area contributed by atoms with Gasteiger partial charge in [-0.2, -0.15) is 31.4 Å². The van der Waals surface area contributed by atoms with E-state index in [1.165, 1.54) is 55.6 Å². The minimum absolute atomic E-state index is 0.0270. The average Bonchev–Trinajstić information content (AvgIpc) is 4.00. The maximum absolute atomic E-state index is 15.1. The van der Waals surface area contributed by atoms with Gasteiger partial charge in [-0.25, -0.2) is 32.9 Å². The Morgan fingerprint density at radius 1 is 1.00 bits per heavy atom. The van der Waals surface area contributed by atoms with E-state index < -0.39 is 89.6 Å². The molecule has 3 heterocycles. The first kappa shape index (κ1) is 42.3. The Morgan fingerprint density at radius 3 is 2.23 bits per heavy atom. The monoisotopic (exact) mass is 866 g/mol. The quantitative estimate of drug-likeness (QED) is 0.124. The minimum atomic E-state index is -4.79. The zero-order chi connectivity index (χ0) is 43.8. The second-order valence-electron chi connectivity index (χ2n) is 16.0. The Balaban J connectivity index is 1.30. The zero-order valence-electron chi connectivity index (χ0n) is 32.1. The molecule has 3 N–H and O–H groups in total. The fraction of sp³-hybridized carbons (Fsp3) is 0.447. The number of nitrogens with one attached hydrogen (secondary N) is 1. The Kier molecular flexibility index (Phi) is 10.00. The van der Waals surface area contributed by atoms with Crippen molar-refractivity contribution in [1.82, 2.24) is 40.0 Å². The lowest BCUT2D eigenvalue weighted by Gasteiger charge is -2.39. The maximum atomic E-state index is 15.1. The second kappa shape index (κ2) is 14.2. The number of carbonyl (C=O) groups is 2. The van der Waals surface area contributed by atoms with Gasteiger partial charge in [0.2, 0.25) is 11.5 Å². The summed E-state index contributed by atoms with van der Waals surface area (Å²) in [5, 5.41) is 13.3. The first-order valence-electron chi connectivity index (χ1n) is 18.2. The molecule has 2 saturated carbocycles. The standard InChI is InChI=1S/C38H35ClF8N10O3/c1-32(2,3)11-16-36(22-7-5-21(6-8-22)25-18-55(54-53-25)35(14-15-35)38(45,46)47)29(58)56(30(48)51-36)33(4,19-60-31(59)52-34(12-13-34)37(42,43)44)23-9-10-24(39)26(17-23)57-28(27(40)41)49-20-50-57/h5-10,17-18,20,27H,12-15,19H2,1-4H3,(H2,48,51)(H,52,59)/t33?,36-/m1/s1. The van der Waals surface area contributed by atoms with Gasteiger partial charge in [-0.05, 0) is 71.1 Å². The topological polar surface area (TPSA) is 158 Å². The van der Waals surface area contributed by atoms with E-state index in [4.69, 9.17) is 22.1 Å². The molecule has 2 aromatic carbocycles. The molecule has 0 saturated heterocycles. The third kappa shape index (κ3) is 7.28. The van der Waals surface area contributed by atoms with E-state index in [-0.39, 0.29) is 40.4 Å². The van der Waals surface area contributed by atoms with Crippen LogP contribution >= 0.6 is 11.6 Å². The molecule has 3 aliphatic rings. The van der Waals surface area contributed by atoms with Crippen LogP contribution in [0.1, 0.15) is 76.8 Å². The van der Waals surface area contributed by atoms with Crippen molar-refractivity contribution >= 4 is 29.6 Å². The minimum Gasteiger partial charge on any atom is -0.447 e. The molecule has 60 heavy (non-hydrogen) atoms. The van der Waals surface area contributed by atoms with Gasteiger partial charge in [0.1, 0.15) is 29.7 Å². The number of nitrogens with zero attached hydrogens (tertiary/aromatic N) is 8. The van der Waals surface area contributed by atoms with E-state index in [0.29, 0.717) is 5.56 Å². The third-order valence-corrected chi connectivity index (χ3v) is 10.9. The summed E-state index contributed by atoms with van der Waals surface area (Å²) in [5.74, 6) is 3.75. The van der Waals surface area contributed by atoms with Crippen molar-refractivity contribution < 1.29 is 49.4 Å². The molecule has 2 aromatic heterocycles. The highest BCUT2D eigenvalue weighted by Gasteiger charge is 2.66. The van der Waals surface area contributed by atoms with Gasteiger partial charge in [0.15, 0.2) is 11.4 Å². The number of amides is 2. The molecule has 2 aliphatic carbocycles. The van der Waals surface area contributed by atoms with Crippen molar-refractivity contribution in [3.05, 3.63) is 77.0 Å². The van der Waals surface area contributed by atoms with Crippen LogP contribution in [0.15, 0.2) is 60.0 Å². The molecule has 2 fully saturated rings. The number of aliphatic imine (C=N–C) groups is 1. The van der Waals surface area contributed by atoms with Crippen molar-refractivity contribution in [2.24, 2.45) is 16.1 Å². The highest BCUT2D eigenvalue weighted by molar-refractivity contribution is 6.32. The van der Waals surface area contributed by atoms with Crippen molar-refractivity contribution in [2.75, 3.05) is 6.61 Å². The van der Waals surface area contributed by atoms with E-state index >= 15 is 4.79 Å². The van der Waals surface area contributed by atoms with Gasteiger partial charge in [-0.3, -0.25) is 9.69 Å². The molecule has 1 unspecified atom stereocenters. The van der Waals surface area contributed by atoms with Crippen LogP contribution in [0.25, 0.3) is 16.9 Å². The summed E-state index contributed by atoms with van der Waals surface area (Å²) in [4.78, 5) is 37.2. The summed E-state index contributed by atoms with van der Waals surface area (Å²) < 4.78 is 118. The molecule has 318 valence electrons. The number of benzene rings is 2. The highest BCUT2D eigenvalue weighted by Crippen LogP contribution is 2.55. The van der Waals surface area contributed by atoms with Crippen LogP contribution in [0.3, 0.4) is 0 Å². The summed E-state index contributed by atoms with van der Waals surface area (Å²) in [6.07, 6.45) is -13.0. The molecular weight excluding hydrogens is 832 g/mol. The van der Waals surface area contributed by atoms with Gasteiger partial charge >= 0.3 is 18.4 Å². The average molecular weight is 867 g/mol. The van der Waals surface area contributed by atoms with Crippen LogP contribution in [0, 0.1) is 17.3 Å². The molecule has 13 nitrogen and oxygen atoms in total. The first-order valence-corrected chi connectivity index (χ1v) is 18.6. The van der Waals surface area contributed by atoms with E-state index in [9.17, 15) is 39.9 Å². The fourth-order valence-electron chi connectivity index (χ4n) is 6.79. The summed E-state index contributed by atoms with van der Waals surface area (Å²) >= 11 is 6.45. The number of halogens is 9. The van der Waals surface area contributed by atoms with Crippen molar-refractivity contribution in [3.63, 3.8) is 0 Å². The second-order valence-corrected chi connectivity index (χ2v) is 16.4. The molecule has 0 spiro atoms. The fourth-order valence-corrected chi connectivity index (χ4v) is 6.99. The van der Waals surface area contributed by atoms with Crippen molar-refractivity contribution in [1.29, 1.82) is 0 Å². The number of rotatable bonds is 10.